The van der Waals surface area contributed by atoms with Gasteiger partial charge >= 0.3 is 30.8 Å². The first-order valence-corrected chi connectivity index (χ1v) is 18.0. The van der Waals surface area contributed by atoms with Crippen molar-refractivity contribution < 1.29 is 40.1 Å². The van der Waals surface area contributed by atoms with E-state index in [4.69, 9.17) is 10.2 Å². The summed E-state index contributed by atoms with van der Waals surface area (Å²) in [6.45, 7) is 4.54. The van der Waals surface area contributed by atoms with E-state index in [0.29, 0.717) is 12.8 Å². The van der Waals surface area contributed by atoms with Gasteiger partial charge in [0.15, 0.2) is 17.4 Å². The van der Waals surface area contributed by atoms with E-state index in [0.717, 1.165) is 25.7 Å². The van der Waals surface area contributed by atoms with Crippen LogP contribution < -0.4 is 18.9 Å². The second-order valence-electron chi connectivity index (χ2n) is 12.2. The second-order valence-corrected chi connectivity index (χ2v) is 12.2. The molecule has 6 heteroatoms. The summed E-state index contributed by atoms with van der Waals surface area (Å²) < 4.78 is 0. The molecule has 0 saturated carbocycles. The van der Waals surface area contributed by atoms with Crippen LogP contribution in [-0.4, -0.2) is 39.5 Å². The minimum atomic E-state index is -0.653. The van der Waals surface area contributed by atoms with E-state index < -0.39 is 11.9 Å². The van der Waals surface area contributed by atoms with Crippen LogP contribution in [0.3, 0.4) is 0 Å². The van der Waals surface area contributed by atoms with Gasteiger partial charge in [-0.05, 0) is 12.8 Å². The minimum Gasteiger partial charge on any atom is -1.00 e. The number of rotatable bonds is 32. The van der Waals surface area contributed by atoms with E-state index in [1.54, 1.807) is 0 Å². The molecule has 0 rings (SSSR count). The van der Waals surface area contributed by atoms with Gasteiger partial charge in [-0.2, -0.15) is 0 Å². The molecule has 0 aromatic carbocycles. The molecule has 248 valence electrons. The predicted molar refractivity (Wildman–Crippen MR) is 185 cm³/mol. The zero-order valence-corrected chi connectivity index (χ0v) is 28.3. The monoisotopic (exact) mass is 607 g/mol. The Balaban J connectivity index is -0.000000209. The van der Waals surface area contributed by atoms with Crippen LogP contribution in [0.15, 0.2) is 0 Å². The Hall–Kier alpha value is 0.0699. The van der Waals surface area contributed by atoms with E-state index in [9.17, 15) is 9.59 Å². The smallest absolute Gasteiger partial charge is 1.00 e. The molecule has 0 aliphatic heterocycles. The van der Waals surface area contributed by atoms with Crippen LogP contribution in [0, 0.1) is 0 Å². The van der Waals surface area contributed by atoms with Crippen molar-refractivity contribution in [3.8, 4) is 0 Å². The summed E-state index contributed by atoms with van der Waals surface area (Å²) in [5.74, 6) is -1.31. The van der Waals surface area contributed by atoms with Gasteiger partial charge in [-0.3, -0.25) is 9.59 Å². The average molecular weight is 607 g/mol. The van der Waals surface area contributed by atoms with Crippen LogP contribution in [-0.2, 0) is 9.59 Å². The van der Waals surface area contributed by atoms with Crippen molar-refractivity contribution >= 4 is 29.3 Å². The Kier molecular flexibility index (Phi) is 53.0. The summed E-state index contributed by atoms with van der Waals surface area (Å²) in [5, 5.41) is 17.0. The van der Waals surface area contributed by atoms with E-state index in [1.165, 1.54) is 167 Å². The second kappa shape index (κ2) is 45.5. The van der Waals surface area contributed by atoms with E-state index >= 15 is 0 Å². The average Bonchev–Trinajstić information content (AvgIpc) is 2.93. The summed E-state index contributed by atoms with van der Waals surface area (Å²) >= 11 is 0. The SMILES string of the molecule is CCCCCCCCCCCCCCCCCC(=O)O.CCCCCCCCCCCCCCCCCC(=O)O.[AlH3].[H-].[Li+]. The maximum Gasteiger partial charge on any atom is 1.00 e. The van der Waals surface area contributed by atoms with Crippen molar-refractivity contribution in [3.63, 3.8) is 0 Å². The maximum atomic E-state index is 10.3. The van der Waals surface area contributed by atoms with Crippen LogP contribution in [0.5, 0.6) is 0 Å². The topological polar surface area (TPSA) is 74.6 Å². The number of hydrogen-bond acceptors (Lipinski definition) is 2. The van der Waals surface area contributed by atoms with Gasteiger partial charge in [0.05, 0.1) is 0 Å². The molecule has 0 aromatic heterocycles. The van der Waals surface area contributed by atoms with E-state index in [2.05, 4.69) is 13.8 Å². The van der Waals surface area contributed by atoms with Gasteiger partial charge in [0.1, 0.15) is 0 Å². The normalized spacial score (nSPS) is 10.3. The quantitative estimate of drug-likeness (QED) is 0.0594. The molecule has 0 atom stereocenters. The largest absolute Gasteiger partial charge is 1.00 e. The van der Waals surface area contributed by atoms with Gasteiger partial charge in [-0.1, -0.05) is 194 Å². The molecule has 42 heavy (non-hydrogen) atoms. The van der Waals surface area contributed by atoms with Gasteiger partial charge in [-0.25, -0.2) is 0 Å². The van der Waals surface area contributed by atoms with Crippen molar-refractivity contribution in [3.05, 3.63) is 0 Å². The van der Waals surface area contributed by atoms with Crippen LogP contribution in [0.4, 0.5) is 0 Å². The molecule has 0 amide bonds. The Morgan fingerprint density at radius 2 is 0.500 bits per heavy atom. The zero-order chi connectivity index (χ0) is 29.8. The number of carboxylic acid groups (broad SMARTS) is 2. The van der Waals surface area contributed by atoms with Crippen LogP contribution in [0.1, 0.15) is 221 Å². The number of carboxylic acids is 2. The first-order chi connectivity index (χ1) is 19.5. The van der Waals surface area contributed by atoms with Gasteiger partial charge in [0, 0.05) is 12.8 Å². The molecule has 0 bridgehead atoms. The Morgan fingerprint density at radius 3 is 0.643 bits per heavy atom. The zero-order valence-electron chi connectivity index (χ0n) is 29.3. The molecule has 0 fully saturated rings. The number of carbonyl (C=O) groups is 2. The summed E-state index contributed by atoms with van der Waals surface area (Å²) in [7, 11) is 0. The van der Waals surface area contributed by atoms with Crippen molar-refractivity contribution in [1.29, 1.82) is 0 Å². The molecule has 4 nitrogen and oxygen atoms in total. The maximum absolute atomic E-state index is 10.3. The van der Waals surface area contributed by atoms with Crippen molar-refractivity contribution in [2.75, 3.05) is 0 Å². The Bertz CT molecular complexity index is 468. The van der Waals surface area contributed by atoms with Crippen LogP contribution in [0.25, 0.3) is 0 Å². The Labute approximate surface area is 287 Å². The summed E-state index contributed by atoms with van der Waals surface area (Å²) in [5.41, 5.74) is 0. The molecule has 0 heterocycles. The molecule has 0 aromatic rings. The molecule has 0 saturated heterocycles. The molecule has 0 unspecified atom stereocenters. The molecule has 0 spiro atoms. The van der Waals surface area contributed by atoms with Gasteiger partial charge in [0.25, 0.3) is 0 Å². The third kappa shape index (κ3) is 52.7. The third-order valence-electron chi connectivity index (χ3n) is 7.99. The number of unbranched alkanes of at least 4 members (excludes halogenated alkanes) is 28. The van der Waals surface area contributed by atoms with E-state index in [1.807, 2.05) is 0 Å². The molecule has 0 aliphatic rings. The molecule has 0 radical (unpaired) electrons. The fraction of sp³-hybridized carbons (Fsp3) is 0.944. The summed E-state index contributed by atoms with van der Waals surface area (Å²) in [4.78, 5) is 20.7. The van der Waals surface area contributed by atoms with Crippen molar-refractivity contribution in [2.45, 2.75) is 219 Å². The number of aliphatic carboxylic acids is 2. The van der Waals surface area contributed by atoms with Gasteiger partial charge in [0.2, 0.25) is 0 Å². The molecule has 0 aliphatic carbocycles. The van der Waals surface area contributed by atoms with Crippen molar-refractivity contribution in [2.24, 2.45) is 0 Å². The van der Waals surface area contributed by atoms with Crippen molar-refractivity contribution in [1.82, 2.24) is 0 Å². The summed E-state index contributed by atoms with van der Waals surface area (Å²) in [6, 6.07) is 0. The molecular weight excluding hydrogens is 530 g/mol. The van der Waals surface area contributed by atoms with E-state index in [-0.39, 0.29) is 37.6 Å². The fourth-order valence-electron chi connectivity index (χ4n) is 5.30. The third-order valence-corrected chi connectivity index (χ3v) is 7.99. The fourth-order valence-corrected chi connectivity index (χ4v) is 5.30. The van der Waals surface area contributed by atoms with Crippen LogP contribution >= 0.6 is 0 Å². The standard InChI is InChI=1S/2C18H36O2.Al.Li.4H/c2*1-2-3-4-5-6-7-8-9-10-11-12-13-14-15-16-17-18(19)20;;;;;;/h2*2-17H2,1H3,(H,19,20);;;;;;/q;;;+1;;;;-1. The summed E-state index contributed by atoms with van der Waals surface area (Å²) in [6.07, 6.45) is 40.4. The first kappa shape index (κ1) is 49.0. The van der Waals surface area contributed by atoms with Gasteiger partial charge < -0.3 is 11.6 Å². The predicted octanol–water partition coefficient (Wildman–Crippen LogP) is 8.60. The Morgan fingerprint density at radius 1 is 0.357 bits per heavy atom. The first-order valence-electron chi connectivity index (χ1n) is 18.0. The molecular formula is C36H76AlLiO4. The number of hydrogen-bond donors (Lipinski definition) is 2. The van der Waals surface area contributed by atoms with Crippen LogP contribution in [0.2, 0.25) is 0 Å². The van der Waals surface area contributed by atoms with Gasteiger partial charge in [-0.15, -0.1) is 0 Å². The molecule has 2 N–H and O–H groups in total. The minimum absolute atomic E-state index is 0.